The van der Waals surface area contributed by atoms with Crippen molar-refractivity contribution in [3.63, 3.8) is 0 Å². The number of thiophene rings is 1. The molecule has 2 N–H and O–H groups in total. The number of halogens is 1. The Balaban J connectivity index is 0.00000338. The lowest BCUT2D eigenvalue weighted by molar-refractivity contribution is 0.601. The molecule has 0 unspecified atom stereocenters. The maximum absolute atomic E-state index is 11.3. The van der Waals surface area contributed by atoms with Gasteiger partial charge in [-0.15, -0.1) is 35.3 Å². The molecule has 0 atom stereocenters. The van der Waals surface area contributed by atoms with Gasteiger partial charge in [0.1, 0.15) is 0 Å². The fraction of sp³-hybridized carbons (Fsp3) is 0.389. The second-order valence-electron chi connectivity index (χ2n) is 5.84. The largest absolute Gasteiger partial charge is 0.357 e. The van der Waals surface area contributed by atoms with Crippen LogP contribution in [0.1, 0.15) is 22.9 Å². The molecule has 0 aliphatic heterocycles. The highest BCUT2D eigenvalue weighted by molar-refractivity contribution is 14.0. The van der Waals surface area contributed by atoms with Crippen LogP contribution < -0.4 is 10.6 Å². The molecule has 0 amide bonds. The first-order chi connectivity index (χ1) is 12.0. The standard InChI is InChI=1S/C18H25N3O2S2.HI/c1-3-19-18(20-11-10-17-5-4-12-24-17)21-13-15-6-8-16(9-7-15)14-25(2,22)23;/h4-9,12H,3,10-11,13-14H2,1-2H3,(H2,19,20,21);1H. The monoisotopic (exact) mass is 507 g/mol. The Morgan fingerprint density at radius 1 is 1.12 bits per heavy atom. The van der Waals surface area contributed by atoms with Crippen LogP contribution in [-0.4, -0.2) is 33.7 Å². The number of sulfone groups is 1. The molecule has 0 aliphatic rings. The molecule has 0 radical (unpaired) electrons. The average Bonchev–Trinajstić information content (AvgIpc) is 3.06. The van der Waals surface area contributed by atoms with E-state index < -0.39 is 9.84 Å². The number of hydrogen-bond donors (Lipinski definition) is 2. The van der Waals surface area contributed by atoms with Gasteiger partial charge in [-0.25, -0.2) is 13.4 Å². The van der Waals surface area contributed by atoms with Crippen LogP contribution in [0.15, 0.2) is 46.8 Å². The van der Waals surface area contributed by atoms with Crippen molar-refractivity contribution >= 4 is 51.1 Å². The van der Waals surface area contributed by atoms with Crippen molar-refractivity contribution in [1.29, 1.82) is 0 Å². The molecule has 1 aromatic heterocycles. The van der Waals surface area contributed by atoms with Crippen LogP contribution in [0.4, 0.5) is 0 Å². The molecule has 1 heterocycles. The maximum atomic E-state index is 11.3. The first kappa shape index (κ1) is 22.9. The molecule has 1 aromatic carbocycles. The van der Waals surface area contributed by atoms with Gasteiger partial charge in [0.2, 0.25) is 0 Å². The highest BCUT2D eigenvalue weighted by Gasteiger charge is 2.04. The summed E-state index contributed by atoms with van der Waals surface area (Å²) in [5.41, 5.74) is 1.85. The Morgan fingerprint density at radius 3 is 2.38 bits per heavy atom. The van der Waals surface area contributed by atoms with Crippen molar-refractivity contribution in [2.45, 2.75) is 25.6 Å². The molecule has 0 aliphatic carbocycles. The molecule has 26 heavy (non-hydrogen) atoms. The third kappa shape index (κ3) is 9.00. The van der Waals surface area contributed by atoms with Gasteiger partial charge in [-0.2, -0.15) is 0 Å². The Kier molecular flexibility index (Phi) is 10.2. The predicted molar refractivity (Wildman–Crippen MR) is 121 cm³/mol. The van der Waals surface area contributed by atoms with E-state index in [1.54, 1.807) is 11.3 Å². The van der Waals surface area contributed by atoms with Crippen LogP contribution >= 0.6 is 35.3 Å². The molecule has 8 heteroatoms. The van der Waals surface area contributed by atoms with E-state index >= 15 is 0 Å². The van der Waals surface area contributed by atoms with Crippen LogP contribution in [0.25, 0.3) is 0 Å². The normalized spacial score (nSPS) is 11.7. The SMILES string of the molecule is CCNC(=NCc1ccc(CS(C)(=O)=O)cc1)NCCc1cccs1.I. The van der Waals surface area contributed by atoms with E-state index in [1.807, 2.05) is 31.2 Å². The molecule has 0 saturated heterocycles. The van der Waals surface area contributed by atoms with Gasteiger partial charge in [-0.1, -0.05) is 30.3 Å². The van der Waals surface area contributed by atoms with E-state index in [-0.39, 0.29) is 29.7 Å². The Hall–Kier alpha value is -1.13. The van der Waals surface area contributed by atoms with E-state index in [2.05, 4.69) is 33.1 Å². The topological polar surface area (TPSA) is 70.6 Å². The van der Waals surface area contributed by atoms with E-state index in [4.69, 9.17) is 0 Å². The second kappa shape index (κ2) is 11.6. The summed E-state index contributed by atoms with van der Waals surface area (Å²) in [4.78, 5) is 5.94. The molecule has 2 rings (SSSR count). The molecule has 0 saturated carbocycles. The third-order valence-corrected chi connectivity index (χ3v) is 5.25. The fourth-order valence-electron chi connectivity index (χ4n) is 2.31. The molecule has 0 spiro atoms. The van der Waals surface area contributed by atoms with E-state index in [9.17, 15) is 8.42 Å². The predicted octanol–water partition coefficient (Wildman–Crippen LogP) is 3.21. The summed E-state index contributed by atoms with van der Waals surface area (Å²) < 4.78 is 22.6. The fourth-order valence-corrected chi connectivity index (χ4v) is 3.82. The maximum Gasteiger partial charge on any atom is 0.191 e. The summed E-state index contributed by atoms with van der Waals surface area (Å²) in [5.74, 6) is 0.864. The number of rotatable bonds is 8. The van der Waals surface area contributed by atoms with Crippen molar-refractivity contribution in [2.75, 3.05) is 19.3 Å². The number of hydrogen-bond acceptors (Lipinski definition) is 4. The van der Waals surface area contributed by atoms with Gasteiger partial charge in [0.25, 0.3) is 0 Å². The zero-order valence-corrected chi connectivity index (χ0v) is 19.0. The van der Waals surface area contributed by atoms with Crippen molar-refractivity contribution < 1.29 is 8.42 Å². The van der Waals surface area contributed by atoms with Crippen LogP contribution in [0.5, 0.6) is 0 Å². The van der Waals surface area contributed by atoms with Crippen molar-refractivity contribution in [3.8, 4) is 0 Å². The lowest BCUT2D eigenvalue weighted by atomic mass is 10.1. The first-order valence-electron chi connectivity index (χ1n) is 8.26. The first-order valence-corrected chi connectivity index (χ1v) is 11.2. The lowest BCUT2D eigenvalue weighted by Gasteiger charge is -2.11. The molecule has 0 fully saturated rings. The minimum absolute atomic E-state index is 0. The molecule has 2 aromatic rings. The van der Waals surface area contributed by atoms with Crippen LogP contribution in [0.3, 0.4) is 0 Å². The van der Waals surface area contributed by atoms with Crippen LogP contribution in [0, 0.1) is 0 Å². The van der Waals surface area contributed by atoms with E-state index in [0.29, 0.717) is 6.54 Å². The van der Waals surface area contributed by atoms with E-state index in [0.717, 1.165) is 36.6 Å². The second-order valence-corrected chi connectivity index (χ2v) is 9.01. The molecular formula is C18H26IN3O2S2. The van der Waals surface area contributed by atoms with Gasteiger partial charge >= 0.3 is 0 Å². The van der Waals surface area contributed by atoms with Gasteiger partial charge in [0.15, 0.2) is 15.8 Å². The van der Waals surface area contributed by atoms with Gasteiger partial charge in [-0.3, -0.25) is 0 Å². The van der Waals surface area contributed by atoms with Gasteiger partial charge < -0.3 is 10.6 Å². The minimum Gasteiger partial charge on any atom is -0.357 e. The Labute approximate surface area is 177 Å². The summed E-state index contributed by atoms with van der Waals surface area (Å²) in [6.07, 6.45) is 2.22. The molecular weight excluding hydrogens is 481 g/mol. The molecule has 144 valence electrons. The van der Waals surface area contributed by atoms with Crippen LogP contribution in [0.2, 0.25) is 0 Å². The van der Waals surface area contributed by atoms with Gasteiger partial charge in [0.05, 0.1) is 12.3 Å². The van der Waals surface area contributed by atoms with Gasteiger partial charge in [-0.05, 0) is 35.9 Å². The Morgan fingerprint density at radius 2 is 1.81 bits per heavy atom. The number of benzene rings is 1. The summed E-state index contributed by atoms with van der Waals surface area (Å²) in [6.45, 7) is 4.22. The van der Waals surface area contributed by atoms with Crippen molar-refractivity contribution in [1.82, 2.24) is 10.6 Å². The van der Waals surface area contributed by atoms with E-state index in [1.165, 1.54) is 11.1 Å². The number of guanidine groups is 1. The highest BCUT2D eigenvalue weighted by atomic mass is 127. The third-order valence-electron chi connectivity index (χ3n) is 3.46. The highest BCUT2D eigenvalue weighted by Crippen LogP contribution is 2.09. The summed E-state index contributed by atoms with van der Waals surface area (Å²) in [6, 6.07) is 11.8. The zero-order chi connectivity index (χ0) is 18.1. The smallest absolute Gasteiger partial charge is 0.191 e. The zero-order valence-electron chi connectivity index (χ0n) is 15.1. The number of nitrogens with zero attached hydrogens (tertiary/aromatic N) is 1. The average molecular weight is 507 g/mol. The lowest BCUT2D eigenvalue weighted by Crippen LogP contribution is -2.38. The van der Waals surface area contributed by atoms with Gasteiger partial charge in [0, 0.05) is 24.2 Å². The van der Waals surface area contributed by atoms with Crippen molar-refractivity contribution in [3.05, 3.63) is 57.8 Å². The quantitative estimate of drug-likeness (QED) is 0.327. The molecule has 0 bridgehead atoms. The summed E-state index contributed by atoms with van der Waals surface area (Å²) in [7, 11) is -3.00. The minimum atomic E-state index is -3.00. The number of nitrogens with one attached hydrogen (secondary N) is 2. The summed E-state index contributed by atoms with van der Waals surface area (Å²) >= 11 is 1.76. The van der Waals surface area contributed by atoms with Crippen LogP contribution in [-0.2, 0) is 28.6 Å². The number of aliphatic imine (C=N–C) groups is 1. The summed E-state index contributed by atoms with van der Waals surface area (Å²) in [5, 5.41) is 8.66. The molecule has 5 nitrogen and oxygen atoms in total. The Bertz CT molecular complexity index is 773. The van der Waals surface area contributed by atoms with Crippen molar-refractivity contribution in [2.24, 2.45) is 4.99 Å².